The van der Waals surface area contributed by atoms with E-state index in [-0.39, 0.29) is 41.9 Å². The molecule has 202 valence electrons. The molecule has 1 aliphatic rings. The van der Waals surface area contributed by atoms with Crippen molar-refractivity contribution in [1.29, 1.82) is 0 Å². The Morgan fingerprint density at radius 2 is 1.95 bits per heavy atom. The summed E-state index contributed by atoms with van der Waals surface area (Å²) >= 11 is 0. The van der Waals surface area contributed by atoms with E-state index in [0.29, 0.717) is 31.7 Å². The fraction of sp³-hybridized carbons (Fsp3) is 0.462. The highest BCUT2D eigenvalue weighted by atomic mass is 19.4. The third-order valence-electron chi connectivity index (χ3n) is 5.91. The predicted octanol–water partition coefficient (Wildman–Crippen LogP) is 3.97. The Morgan fingerprint density at radius 3 is 2.59 bits per heavy atom. The second-order valence-electron chi connectivity index (χ2n) is 9.09. The molecule has 3 rings (SSSR count). The first-order valence-corrected chi connectivity index (χ1v) is 11.9. The van der Waals surface area contributed by atoms with Crippen molar-refractivity contribution in [1.82, 2.24) is 10.2 Å². The van der Waals surface area contributed by atoms with Gasteiger partial charge in [-0.25, -0.2) is 4.39 Å². The number of benzene rings is 2. The van der Waals surface area contributed by atoms with Gasteiger partial charge in [-0.15, -0.1) is 0 Å². The molecule has 1 saturated heterocycles. The molecule has 2 aromatic carbocycles. The van der Waals surface area contributed by atoms with Crippen LogP contribution in [0.5, 0.6) is 5.75 Å². The Labute approximate surface area is 213 Å². The highest BCUT2D eigenvalue weighted by molar-refractivity contribution is 5.92. The number of halogens is 4. The van der Waals surface area contributed by atoms with Crippen LogP contribution < -0.4 is 15.4 Å². The average molecular weight is 526 g/mol. The highest BCUT2D eigenvalue weighted by Crippen LogP contribution is 2.34. The smallest absolute Gasteiger partial charge is 0.416 e. The number of nitrogens with zero attached hydrogens (tertiary/aromatic N) is 1. The molecule has 1 heterocycles. The number of ether oxygens (including phenoxy) is 2. The minimum absolute atomic E-state index is 0.0348. The van der Waals surface area contributed by atoms with Crippen LogP contribution in [0.1, 0.15) is 36.0 Å². The summed E-state index contributed by atoms with van der Waals surface area (Å²) in [4.78, 5) is 26.3. The summed E-state index contributed by atoms with van der Waals surface area (Å²) in [7, 11) is 3.61. The minimum atomic E-state index is -4.64. The number of anilines is 1. The Morgan fingerprint density at radius 1 is 1.19 bits per heavy atom. The molecule has 2 unspecified atom stereocenters. The summed E-state index contributed by atoms with van der Waals surface area (Å²) in [6.07, 6.45) is -5.21. The second-order valence-corrected chi connectivity index (χ2v) is 9.09. The summed E-state index contributed by atoms with van der Waals surface area (Å²) in [5, 5.41) is 5.17. The lowest BCUT2D eigenvalue weighted by molar-refractivity contribution is -0.137. The Bertz CT molecular complexity index is 1110. The van der Waals surface area contributed by atoms with Gasteiger partial charge in [0.05, 0.1) is 12.0 Å². The molecule has 0 saturated carbocycles. The van der Waals surface area contributed by atoms with Gasteiger partial charge in [-0.05, 0) is 56.8 Å². The molecule has 7 nitrogen and oxygen atoms in total. The van der Waals surface area contributed by atoms with Gasteiger partial charge >= 0.3 is 6.18 Å². The van der Waals surface area contributed by atoms with E-state index in [2.05, 4.69) is 10.6 Å². The summed E-state index contributed by atoms with van der Waals surface area (Å²) < 4.78 is 65.8. The zero-order valence-corrected chi connectivity index (χ0v) is 21.0. The molecule has 11 heteroatoms. The lowest BCUT2D eigenvalue weighted by Gasteiger charge is -2.29. The molecule has 0 aliphatic carbocycles. The van der Waals surface area contributed by atoms with Gasteiger partial charge in [0.25, 0.3) is 0 Å². The van der Waals surface area contributed by atoms with Crippen molar-refractivity contribution in [2.75, 3.05) is 45.7 Å². The summed E-state index contributed by atoms with van der Waals surface area (Å²) in [6.45, 7) is 3.16. The van der Waals surface area contributed by atoms with Gasteiger partial charge in [0.2, 0.25) is 11.8 Å². The maximum Gasteiger partial charge on any atom is 0.416 e. The van der Waals surface area contributed by atoms with E-state index in [4.69, 9.17) is 9.47 Å². The van der Waals surface area contributed by atoms with E-state index < -0.39 is 29.6 Å². The lowest BCUT2D eigenvalue weighted by Crippen LogP contribution is -2.45. The number of nitrogens with one attached hydrogen (secondary N) is 2. The van der Waals surface area contributed by atoms with Gasteiger partial charge in [-0.3, -0.25) is 9.59 Å². The van der Waals surface area contributed by atoms with Gasteiger partial charge in [0, 0.05) is 37.4 Å². The molecule has 1 fully saturated rings. The van der Waals surface area contributed by atoms with E-state index >= 15 is 0 Å². The molecule has 37 heavy (non-hydrogen) atoms. The van der Waals surface area contributed by atoms with Crippen LogP contribution in [0.25, 0.3) is 0 Å². The normalized spacial score (nSPS) is 18.0. The quantitative estimate of drug-likeness (QED) is 0.459. The highest BCUT2D eigenvalue weighted by Gasteiger charge is 2.32. The van der Waals surface area contributed by atoms with E-state index in [1.807, 2.05) is 4.90 Å². The van der Waals surface area contributed by atoms with Crippen LogP contribution in [0.4, 0.5) is 23.2 Å². The molecule has 2 N–H and O–H groups in total. The third kappa shape index (κ3) is 8.16. The van der Waals surface area contributed by atoms with E-state index in [1.54, 1.807) is 27.1 Å². The Hall–Kier alpha value is -3.18. The van der Waals surface area contributed by atoms with Crippen molar-refractivity contribution in [3.05, 3.63) is 58.9 Å². The van der Waals surface area contributed by atoms with Gasteiger partial charge in [0.15, 0.2) is 0 Å². The summed E-state index contributed by atoms with van der Waals surface area (Å²) in [6, 6.07) is 7.44. The fourth-order valence-electron chi connectivity index (χ4n) is 3.99. The molecule has 0 radical (unpaired) electrons. The largest absolute Gasteiger partial charge is 0.492 e. The number of rotatable bonds is 10. The van der Waals surface area contributed by atoms with Crippen molar-refractivity contribution in [2.24, 2.45) is 0 Å². The SMILES string of the molecule is CCOC1CC(c2ccc(CC(=O)Nc3cc(OCCN(C)C)cc(C(F)(F)F)c3)c(F)c2)CNC1=O. The van der Waals surface area contributed by atoms with Crippen LogP contribution in [-0.4, -0.2) is 63.2 Å². The van der Waals surface area contributed by atoms with Crippen molar-refractivity contribution in [3.63, 3.8) is 0 Å². The molecule has 0 bridgehead atoms. The molecule has 2 amide bonds. The molecule has 0 spiro atoms. The fourth-order valence-corrected chi connectivity index (χ4v) is 3.99. The molecular formula is C26H31F4N3O4. The van der Waals surface area contributed by atoms with Crippen molar-refractivity contribution < 1.29 is 36.6 Å². The number of hydrogen-bond donors (Lipinski definition) is 2. The average Bonchev–Trinajstić information content (AvgIpc) is 2.81. The minimum Gasteiger partial charge on any atom is -0.492 e. The number of carbonyl (C=O) groups excluding carboxylic acids is 2. The number of piperidine rings is 1. The van der Waals surface area contributed by atoms with Crippen LogP contribution in [0.15, 0.2) is 36.4 Å². The predicted molar refractivity (Wildman–Crippen MR) is 130 cm³/mol. The lowest BCUT2D eigenvalue weighted by atomic mass is 9.89. The van der Waals surface area contributed by atoms with Crippen molar-refractivity contribution in [2.45, 2.75) is 38.0 Å². The molecule has 0 aromatic heterocycles. The van der Waals surface area contributed by atoms with Crippen LogP contribution in [0.2, 0.25) is 0 Å². The van der Waals surface area contributed by atoms with E-state index in [1.165, 1.54) is 18.2 Å². The van der Waals surface area contributed by atoms with Crippen LogP contribution in [0.3, 0.4) is 0 Å². The number of likely N-dealkylation sites (N-methyl/N-ethyl adjacent to an activating group) is 1. The maximum absolute atomic E-state index is 14.8. The molecule has 1 aliphatic heterocycles. The van der Waals surface area contributed by atoms with Gasteiger partial charge in [-0.1, -0.05) is 12.1 Å². The van der Waals surface area contributed by atoms with E-state index in [9.17, 15) is 27.2 Å². The zero-order valence-electron chi connectivity index (χ0n) is 21.0. The number of carbonyl (C=O) groups is 2. The topological polar surface area (TPSA) is 79.9 Å². The Balaban J connectivity index is 1.69. The molecule has 2 aromatic rings. The summed E-state index contributed by atoms with van der Waals surface area (Å²) in [5.41, 5.74) is -0.317. The first-order valence-electron chi connectivity index (χ1n) is 11.9. The van der Waals surface area contributed by atoms with Gasteiger partial charge in [-0.2, -0.15) is 13.2 Å². The number of hydrogen-bond acceptors (Lipinski definition) is 5. The number of alkyl halides is 3. The van der Waals surface area contributed by atoms with Crippen molar-refractivity contribution in [3.8, 4) is 5.75 Å². The maximum atomic E-state index is 14.8. The monoisotopic (exact) mass is 525 g/mol. The first kappa shape index (κ1) is 28.4. The Kier molecular flexibility index (Phi) is 9.50. The second kappa shape index (κ2) is 12.4. The van der Waals surface area contributed by atoms with E-state index in [0.717, 1.165) is 12.1 Å². The molecular weight excluding hydrogens is 494 g/mol. The standard InChI is InChI=1S/C26H31F4N3O4/c1-4-36-23-10-18(15-31-25(23)35)16-5-6-17(22(27)9-16)11-24(34)32-20-12-19(26(28,29)30)13-21(14-20)37-8-7-33(2)3/h5-6,9,12-14,18,23H,4,7-8,10-11,15H2,1-3H3,(H,31,35)(H,32,34). The third-order valence-corrected chi connectivity index (χ3v) is 5.91. The van der Waals surface area contributed by atoms with Crippen molar-refractivity contribution >= 4 is 17.5 Å². The van der Waals surface area contributed by atoms with Crippen LogP contribution in [-0.2, 0) is 26.9 Å². The first-order chi connectivity index (χ1) is 17.5. The number of amides is 2. The van der Waals surface area contributed by atoms with Crippen LogP contribution in [0, 0.1) is 5.82 Å². The summed E-state index contributed by atoms with van der Waals surface area (Å²) in [5.74, 6) is -1.68. The van der Waals surface area contributed by atoms with Crippen LogP contribution >= 0.6 is 0 Å². The molecule has 2 atom stereocenters. The zero-order chi connectivity index (χ0) is 27.2. The van der Waals surface area contributed by atoms with Gasteiger partial charge < -0.3 is 25.0 Å². The van der Waals surface area contributed by atoms with Gasteiger partial charge in [0.1, 0.15) is 24.3 Å².